The fourth-order valence-electron chi connectivity index (χ4n) is 11.0. The summed E-state index contributed by atoms with van der Waals surface area (Å²) in [6, 6.07) is 0. The summed E-state index contributed by atoms with van der Waals surface area (Å²) in [7, 11) is -9.90. The van der Waals surface area contributed by atoms with Crippen LogP contribution in [0.4, 0.5) is 0 Å². The minimum absolute atomic E-state index is 0.107. The van der Waals surface area contributed by atoms with Crippen LogP contribution in [0.3, 0.4) is 0 Å². The molecule has 0 rings (SSSR count). The van der Waals surface area contributed by atoms with Gasteiger partial charge in [0, 0.05) is 25.7 Å². The highest BCUT2D eigenvalue weighted by Crippen LogP contribution is 2.45. The third-order valence-corrected chi connectivity index (χ3v) is 18.7. The molecule has 0 aliphatic heterocycles. The molecule has 0 aromatic carbocycles. The lowest BCUT2D eigenvalue weighted by molar-refractivity contribution is -0.161. The van der Waals surface area contributed by atoms with E-state index in [1.165, 1.54) is 199 Å². The van der Waals surface area contributed by atoms with Gasteiger partial charge in [0.1, 0.15) is 19.3 Å². The van der Waals surface area contributed by atoms with Gasteiger partial charge in [-0.3, -0.25) is 37.3 Å². The SMILES string of the molecule is CCCCCCCCCCCCCCCCCCCCCC(=O)O[C@H](COC(=O)CCCCCCCCCCCC(C)C)COP(=O)(O)OC[C@@H](O)COP(=O)(O)OC[C@@H](COC(=O)CCCCCCCCCCCC)OC(=O)CCCCCCCCCCCC. The Morgan fingerprint density at radius 1 is 0.297 bits per heavy atom. The summed E-state index contributed by atoms with van der Waals surface area (Å²) >= 11 is 0. The molecule has 17 nitrogen and oxygen atoms in total. The molecule has 2 unspecified atom stereocenters. The third-order valence-electron chi connectivity index (χ3n) is 16.8. The molecule has 0 radical (unpaired) electrons. The van der Waals surface area contributed by atoms with Crippen molar-refractivity contribution in [2.24, 2.45) is 5.92 Å². The molecule has 0 amide bonds. The predicted molar refractivity (Wildman–Crippen MR) is 368 cm³/mol. The molecule has 0 saturated heterocycles. The molecule has 0 aromatic rings. The normalized spacial score (nSPS) is 14.0. The van der Waals surface area contributed by atoms with Crippen molar-refractivity contribution in [3.63, 3.8) is 0 Å². The maximum Gasteiger partial charge on any atom is 0.472 e. The molecule has 0 fully saturated rings. The van der Waals surface area contributed by atoms with Crippen LogP contribution in [-0.4, -0.2) is 96.7 Å². The number of hydrogen-bond donors (Lipinski definition) is 3. The number of phosphoric ester groups is 2. The number of ether oxygens (including phenoxy) is 4. The number of phosphoric acid groups is 2. The zero-order valence-electron chi connectivity index (χ0n) is 59.0. The van der Waals surface area contributed by atoms with E-state index in [1.807, 2.05) is 0 Å². The molecule has 19 heteroatoms. The Bertz CT molecular complexity index is 1750. The maximum absolute atomic E-state index is 13.0. The van der Waals surface area contributed by atoms with Crippen LogP contribution < -0.4 is 0 Å². The topological polar surface area (TPSA) is 237 Å². The lowest BCUT2D eigenvalue weighted by Crippen LogP contribution is -2.30. The molecule has 0 heterocycles. The van der Waals surface area contributed by atoms with Crippen molar-refractivity contribution in [3.05, 3.63) is 0 Å². The molecular weight excluding hydrogens is 1200 g/mol. The van der Waals surface area contributed by atoms with Crippen molar-refractivity contribution in [3.8, 4) is 0 Å². The zero-order chi connectivity index (χ0) is 67.0. The Balaban J connectivity index is 5.20. The molecule has 91 heavy (non-hydrogen) atoms. The van der Waals surface area contributed by atoms with Crippen LogP contribution in [0.2, 0.25) is 0 Å². The number of esters is 4. The highest BCUT2D eigenvalue weighted by Gasteiger charge is 2.30. The van der Waals surface area contributed by atoms with Crippen LogP contribution in [0.5, 0.6) is 0 Å². The Hall–Kier alpha value is -1.94. The van der Waals surface area contributed by atoms with E-state index in [2.05, 4.69) is 34.6 Å². The van der Waals surface area contributed by atoms with E-state index in [0.717, 1.165) is 95.8 Å². The van der Waals surface area contributed by atoms with Gasteiger partial charge in [-0.1, -0.05) is 324 Å². The fourth-order valence-corrected chi connectivity index (χ4v) is 12.6. The Kier molecular flexibility index (Phi) is 64.0. The molecule has 0 bridgehead atoms. The van der Waals surface area contributed by atoms with Gasteiger partial charge in [-0.05, 0) is 31.6 Å². The average molecular weight is 1340 g/mol. The van der Waals surface area contributed by atoms with Crippen molar-refractivity contribution in [1.82, 2.24) is 0 Å². The van der Waals surface area contributed by atoms with Gasteiger partial charge >= 0.3 is 39.5 Å². The minimum Gasteiger partial charge on any atom is -0.462 e. The van der Waals surface area contributed by atoms with Crippen LogP contribution in [0.25, 0.3) is 0 Å². The second-order valence-electron chi connectivity index (χ2n) is 26.5. The van der Waals surface area contributed by atoms with Crippen LogP contribution in [0, 0.1) is 5.92 Å². The number of carbonyl (C=O) groups excluding carboxylic acids is 4. The fraction of sp³-hybridized carbons (Fsp3) is 0.944. The second-order valence-corrected chi connectivity index (χ2v) is 29.4. The van der Waals surface area contributed by atoms with Gasteiger partial charge in [0.25, 0.3) is 0 Å². The van der Waals surface area contributed by atoms with Crippen molar-refractivity contribution in [2.45, 2.75) is 393 Å². The number of rotatable bonds is 72. The zero-order valence-corrected chi connectivity index (χ0v) is 60.8. The number of hydrogen-bond acceptors (Lipinski definition) is 15. The highest BCUT2D eigenvalue weighted by molar-refractivity contribution is 7.47. The first-order chi connectivity index (χ1) is 44.0. The van der Waals surface area contributed by atoms with Crippen molar-refractivity contribution < 1.29 is 80.2 Å². The predicted octanol–water partition coefficient (Wildman–Crippen LogP) is 20.9. The van der Waals surface area contributed by atoms with E-state index < -0.39 is 97.5 Å². The molecule has 5 atom stereocenters. The van der Waals surface area contributed by atoms with Crippen LogP contribution in [-0.2, 0) is 65.4 Å². The summed E-state index contributed by atoms with van der Waals surface area (Å²) in [6.45, 7) is 7.23. The van der Waals surface area contributed by atoms with E-state index in [-0.39, 0.29) is 25.7 Å². The lowest BCUT2D eigenvalue weighted by atomic mass is 10.0. The molecule has 540 valence electrons. The molecule has 0 spiro atoms. The molecular formula is C72H140O17P2. The quantitative estimate of drug-likeness (QED) is 0.0222. The van der Waals surface area contributed by atoms with Gasteiger partial charge < -0.3 is 33.8 Å². The molecule has 0 aliphatic carbocycles. The first-order valence-corrected chi connectivity index (χ1v) is 40.6. The Labute approximate surface area is 556 Å². The van der Waals surface area contributed by atoms with Gasteiger partial charge in [-0.25, -0.2) is 9.13 Å². The summed E-state index contributed by atoms with van der Waals surface area (Å²) in [4.78, 5) is 72.5. The number of aliphatic hydroxyl groups is 1. The molecule has 0 aliphatic rings. The monoisotopic (exact) mass is 1340 g/mol. The number of unbranched alkanes of at least 4 members (excludes halogenated alkanes) is 44. The first-order valence-electron chi connectivity index (χ1n) is 37.6. The minimum atomic E-state index is -4.95. The first kappa shape index (κ1) is 89.1. The van der Waals surface area contributed by atoms with E-state index in [4.69, 9.17) is 37.0 Å². The molecule has 3 N–H and O–H groups in total. The highest BCUT2D eigenvalue weighted by atomic mass is 31.2. The summed E-state index contributed by atoms with van der Waals surface area (Å²) in [5.41, 5.74) is 0. The van der Waals surface area contributed by atoms with Crippen molar-refractivity contribution in [1.29, 1.82) is 0 Å². The van der Waals surface area contributed by atoms with E-state index in [9.17, 15) is 43.2 Å². The van der Waals surface area contributed by atoms with Gasteiger partial charge in [0.05, 0.1) is 26.4 Å². The molecule has 0 saturated carbocycles. The van der Waals surface area contributed by atoms with E-state index in [1.54, 1.807) is 0 Å². The lowest BCUT2D eigenvalue weighted by Gasteiger charge is -2.21. The Morgan fingerprint density at radius 3 is 0.747 bits per heavy atom. The van der Waals surface area contributed by atoms with Gasteiger partial charge in [-0.15, -0.1) is 0 Å². The van der Waals surface area contributed by atoms with Crippen molar-refractivity contribution in [2.75, 3.05) is 39.6 Å². The number of carbonyl (C=O) groups is 4. The molecule has 0 aromatic heterocycles. The largest absolute Gasteiger partial charge is 0.472 e. The number of aliphatic hydroxyl groups excluding tert-OH is 1. The summed E-state index contributed by atoms with van der Waals surface area (Å²) < 4.78 is 68.3. The van der Waals surface area contributed by atoms with Gasteiger partial charge in [0.15, 0.2) is 12.2 Å². The summed E-state index contributed by atoms with van der Waals surface area (Å²) in [6.07, 6.45) is 52.7. The smallest absolute Gasteiger partial charge is 0.462 e. The van der Waals surface area contributed by atoms with Crippen LogP contribution >= 0.6 is 15.6 Å². The third kappa shape index (κ3) is 66.5. The standard InChI is InChI=1S/C72H140O17P2/c1-6-9-12-15-18-21-24-25-26-27-28-29-30-31-32-37-43-48-53-58-72(77)89-68(62-83-70(75)56-51-46-41-38-33-34-39-44-49-54-65(4)5)64-87-91(80,81)85-60-66(73)59-84-90(78,79)86-63-67(88-71(76)57-52-47-42-36-23-20-17-14-11-8-3)61-82-69(74)55-50-45-40-35-22-19-16-13-10-7-2/h65-68,73H,6-64H2,1-5H3,(H,78,79)(H,80,81)/t66-,67+,68+/m0/s1. The van der Waals surface area contributed by atoms with Crippen LogP contribution in [0.1, 0.15) is 375 Å². The van der Waals surface area contributed by atoms with Crippen molar-refractivity contribution >= 4 is 39.5 Å². The van der Waals surface area contributed by atoms with E-state index in [0.29, 0.717) is 25.7 Å². The average Bonchev–Trinajstić information content (AvgIpc) is 3.72. The van der Waals surface area contributed by atoms with Gasteiger partial charge in [-0.2, -0.15) is 0 Å². The van der Waals surface area contributed by atoms with Gasteiger partial charge in [0.2, 0.25) is 0 Å². The maximum atomic E-state index is 13.0. The second kappa shape index (κ2) is 65.4. The Morgan fingerprint density at radius 2 is 0.505 bits per heavy atom. The summed E-state index contributed by atoms with van der Waals surface area (Å²) in [5, 5.41) is 10.6. The van der Waals surface area contributed by atoms with E-state index >= 15 is 0 Å². The summed E-state index contributed by atoms with van der Waals surface area (Å²) in [5.74, 6) is -1.38. The van der Waals surface area contributed by atoms with Crippen LogP contribution in [0.15, 0.2) is 0 Å².